The Labute approximate surface area is 162 Å². The van der Waals surface area contributed by atoms with Crippen molar-refractivity contribution in [2.24, 2.45) is 5.92 Å². The second-order valence-electron chi connectivity index (χ2n) is 8.99. The molecule has 1 saturated heterocycles. The van der Waals surface area contributed by atoms with E-state index >= 15 is 0 Å². The highest BCUT2D eigenvalue weighted by molar-refractivity contribution is 5.88. The average molecular weight is 366 g/mol. The van der Waals surface area contributed by atoms with Crippen molar-refractivity contribution in [3.05, 3.63) is 35.0 Å². The van der Waals surface area contributed by atoms with E-state index in [0.717, 1.165) is 44.9 Å². The lowest BCUT2D eigenvalue weighted by Gasteiger charge is -2.41. The topological polar surface area (TPSA) is 28.5 Å². The predicted octanol–water partition coefficient (Wildman–Crippen LogP) is 3.90. The number of benzene rings is 1. The highest BCUT2D eigenvalue weighted by Crippen LogP contribution is 2.42. The molecule has 1 aromatic carbocycles. The van der Waals surface area contributed by atoms with Crippen molar-refractivity contribution in [3.63, 3.8) is 0 Å². The number of fused-ring (bicyclic) bond motifs is 3. The minimum absolute atomic E-state index is 0.284. The van der Waals surface area contributed by atoms with Crippen LogP contribution in [0.2, 0.25) is 0 Å². The van der Waals surface area contributed by atoms with Crippen LogP contribution >= 0.6 is 0 Å². The molecule has 0 spiro atoms. The third kappa shape index (κ3) is 2.89. The molecule has 2 aromatic rings. The van der Waals surface area contributed by atoms with Crippen LogP contribution in [-0.2, 0) is 17.8 Å². The number of carbonyl (C=O) groups is 1. The van der Waals surface area contributed by atoms with E-state index in [2.05, 4.69) is 46.4 Å². The third-order valence-corrected chi connectivity index (χ3v) is 7.08. The Morgan fingerprint density at radius 3 is 2.74 bits per heavy atom. The monoisotopic (exact) mass is 365 g/mol. The summed E-state index contributed by atoms with van der Waals surface area (Å²) < 4.78 is 2.51. The van der Waals surface area contributed by atoms with E-state index in [9.17, 15) is 4.79 Å². The second-order valence-corrected chi connectivity index (χ2v) is 8.99. The van der Waals surface area contributed by atoms with Gasteiger partial charge >= 0.3 is 0 Å². The molecule has 1 aliphatic carbocycles. The fourth-order valence-corrected chi connectivity index (χ4v) is 5.52. The molecular formula is C23H31N3O. The number of rotatable bonds is 2. The zero-order chi connectivity index (χ0) is 18.5. The lowest BCUT2D eigenvalue weighted by Crippen LogP contribution is -2.48. The Kier molecular flexibility index (Phi) is 4.27. The highest BCUT2D eigenvalue weighted by Gasteiger charge is 2.37. The minimum atomic E-state index is 0.284. The van der Waals surface area contributed by atoms with Crippen LogP contribution in [0.25, 0.3) is 10.9 Å². The molecule has 27 heavy (non-hydrogen) atoms. The molecule has 0 N–H and O–H groups in total. The maximum atomic E-state index is 13.2. The first kappa shape index (κ1) is 17.3. The summed E-state index contributed by atoms with van der Waals surface area (Å²) in [6, 6.07) is 7.14. The summed E-state index contributed by atoms with van der Waals surface area (Å²) in [5.41, 5.74) is 5.65. The summed E-state index contributed by atoms with van der Waals surface area (Å²) in [6.07, 6.45) is 5.93. The fraction of sp³-hybridized carbons (Fsp3) is 0.609. The van der Waals surface area contributed by atoms with Gasteiger partial charge in [-0.25, -0.2) is 0 Å². The number of amides is 1. The Hall–Kier alpha value is -1.81. The Bertz CT molecular complexity index is 875. The molecular weight excluding hydrogens is 334 g/mol. The van der Waals surface area contributed by atoms with E-state index in [4.69, 9.17) is 0 Å². The molecule has 1 amide bonds. The van der Waals surface area contributed by atoms with E-state index in [1.54, 1.807) is 0 Å². The van der Waals surface area contributed by atoms with Gasteiger partial charge in [0.2, 0.25) is 5.91 Å². The summed E-state index contributed by atoms with van der Waals surface area (Å²) >= 11 is 0. The van der Waals surface area contributed by atoms with E-state index in [-0.39, 0.29) is 6.04 Å². The average Bonchev–Trinajstić information content (AvgIpc) is 2.99. The molecule has 5 rings (SSSR count). The smallest absolute Gasteiger partial charge is 0.237 e. The number of aryl methyl sites for hydroxylation is 2. The van der Waals surface area contributed by atoms with Gasteiger partial charge in [-0.2, -0.15) is 0 Å². The Balaban J connectivity index is 1.44. The van der Waals surface area contributed by atoms with E-state index in [1.807, 2.05) is 0 Å². The van der Waals surface area contributed by atoms with Crippen molar-refractivity contribution >= 4 is 16.8 Å². The lowest BCUT2D eigenvalue weighted by molar-refractivity contribution is -0.136. The van der Waals surface area contributed by atoms with Crippen LogP contribution in [-0.4, -0.2) is 46.5 Å². The number of hydrogen-bond donors (Lipinski definition) is 0. The van der Waals surface area contributed by atoms with Gasteiger partial charge < -0.3 is 9.47 Å². The van der Waals surface area contributed by atoms with Crippen molar-refractivity contribution in [2.45, 2.75) is 58.5 Å². The van der Waals surface area contributed by atoms with Crippen molar-refractivity contribution in [1.29, 1.82) is 0 Å². The first-order valence-corrected chi connectivity index (χ1v) is 10.8. The molecule has 4 nitrogen and oxygen atoms in total. The summed E-state index contributed by atoms with van der Waals surface area (Å²) in [5, 5.41) is 1.43. The number of hydrogen-bond acceptors (Lipinski definition) is 2. The minimum Gasteiger partial charge on any atom is -0.341 e. The molecule has 2 aliphatic heterocycles. The largest absolute Gasteiger partial charge is 0.341 e. The molecule has 0 unspecified atom stereocenters. The van der Waals surface area contributed by atoms with Crippen LogP contribution in [0.5, 0.6) is 0 Å². The zero-order valence-electron chi connectivity index (χ0n) is 16.7. The maximum Gasteiger partial charge on any atom is 0.237 e. The van der Waals surface area contributed by atoms with Crippen molar-refractivity contribution in [1.82, 2.24) is 14.4 Å². The van der Waals surface area contributed by atoms with Crippen LogP contribution in [0.3, 0.4) is 0 Å². The molecule has 1 aromatic heterocycles. The van der Waals surface area contributed by atoms with Crippen LogP contribution in [0, 0.1) is 12.8 Å². The van der Waals surface area contributed by atoms with Gasteiger partial charge in [0.05, 0.1) is 12.6 Å². The molecule has 3 aliphatic rings. The number of aromatic nitrogens is 1. The number of piperidine rings is 1. The molecule has 1 fully saturated rings. The van der Waals surface area contributed by atoms with Crippen LogP contribution in [0.15, 0.2) is 18.2 Å². The summed E-state index contributed by atoms with van der Waals surface area (Å²) in [4.78, 5) is 17.8. The lowest BCUT2D eigenvalue weighted by atomic mass is 9.89. The standard InChI is InChI=1S/C23H31N3O/c1-16-8-10-24(11-9-16)15-22(27)25-12-13-26-20-7-6-17(2)14-19(20)18-4-3-5-21(25)23(18)26/h6-7,14,16,21H,3-5,8-13,15H2,1-2H3/t21-/m0/s1. The summed E-state index contributed by atoms with van der Waals surface area (Å²) in [5.74, 6) is 1.15. The fourth-order valence-electron chi connectivity index (χ4n) is 5.52. The van der Waals surface area contributed by atoms with Crippen molar-refractivity contribution in [3.8, 4) is 0 Å². The van der Waals surface area contributed by atoms with Gasteiger partial charge in [-0.15, -0.1) is 0 Å². The van der Waals surface area contributed by atoms with Crippen LogP contribution in [0.4, 0.5) is 0 Å². The molecule has 144 valence electrons. The normalized spacial score (nSPS) is 23.6. The van der Waals surface area contributed by atoms with Crippen molar-refractivity contribution < 1.29 is 4.79 Å². The van der Waals surface area contributed by atoms with Gasteiger partial charge in [0, 0.05) is 29.7 Å². The van der Waals surface area contributed by atoms with Gasteiger partial charge in [0.1, 0.15) is 0 Å². The quantitative estimate of drug-likeness (QED) is 0.807. The predicted molar refractivity (Wildman–Crippen MR) is 109 cm³/mol. The number of carbonyl (C=O) groups excluding carboxylic acids is 1. The number of nitrogens with zero attached hydrogens (tertiary/aromatic N) is 3. The maximum absolute atomic E-state index is 13.2. The van der Waals surface area contributed by atoms with Crippen LogP contribution < -0.4 is 0 Å². The molecule has 0 saturated carbocycles. The first-order valence-electron chi connectivity index (χ1n) is 10.8. The Morgan fingerprint density at radius 1 is 1.11 bits per heavy atom. The van der Waals surface area contributed by atoms with Gasteiger partial charge in [-0.05, 0) is 75.7 Å². The molecule has 0 bridgehead atoms. The highest BCUT2D eigenvalue weighted by atomic mass is 16.2. The Morgan fingerprint density at radius 2 is 1.93 bits per heavy atom. The zero-order valence-corrected chi connectivity index (χ0v) is 16.7. The van der Waals surface area contributed by atoms with E-state index in [1.165, 1.54) is 47.0 Å². The second kappa shape index (κ2) is 6.66. The molecule has 4 heteroatoms. The first-order chi connectivity index (χ1) is 13.1. The summed E-state index contributed by atoms with van der Waals surface area (Å²) in [7, 11) is 0. The van der Waals surface area contributed by atoms with Gasteiger partial charge in [0.15, 0.2) is 0 Å². The van der Waals surface area contributed by atoms with Gasteiger partial charge in [0.25, 0.3) is 0 Å². The third-order valence-electron chi connectivity index (χ3n) is 7.08. The number of likely N-dealkylation sites (tertiary alicyclic amines) is 1. The molecule has 3 heterocycles. The molecule has 1 atom stereocenters. The van der Waals surface area contributed by atoms with E-state index < -0.39 is 0 Å². The van der Waals surface area contributed by atoms with Crippen LogP contribution in [0.1, 0.15) is 55.5 Å². The van der Waals surface area contributed by atoms with Gasteiger partial charge in [-0.3, -0.25) is 9.69 Å². The summed E-state index contributed by atoms with van der Waals surface area (Å²) in [6.45, 7) is 9.07. The van der Waals surface area contributed by atoms with E-state index in [0.29, 0.717) is 12.5 Å². The SMILES string of the molecule is Cc1ccc2c(c1)c1c3n2CCN(C(=O)CN2CCC(C)CC2)[C@H]3CCC1. The van der Waals surface area contributed by atoms with Crippen molar-refractivity contribution in [2.75, 3.05) is 26.2 Å². The van der Waals surface area contributed by atoms with Gasteiger partial charge in [-0.1, -0.05) is 18.6 Å². The molecule has 0 radical (unpaired) electrons.